The van der Waals surface area contributed by atoms with E-state index in [2.05, 4.69) is 5.32 Å². The number of rotatable bonds is 4. The van der Waals surface area contributed by atoms with E-state index in [0.717, 1.165) is 17.7 Å². The monoisotopic (exact) mass is 335 g/mol. The van der Waals surface area contributed by atoms with Crippen molar-refractivity contribution in [3.05, 3.63) is 64.4 Å². The molecular weight excluding hydrogens is 321 g/mol. The van der Waals surface area contributed by atoms with Crippen LogP contribution in [-0.4, -0.2) is 18.0 Å². The van der Waals surface area contributed by atoms with Gasteiger partial charge in [0.05, 0.1) is 5.56 Å². The summed E-state index contributed by atoms with van der Waals surface area (Å²) in [7, 11) is 0. The zero-order valence-electron chi connectivity index (χ0n) is 12.6. The first-order valence-corrected chi connectivity index (χ1v) is 7.28. The highest BCUT2D eigenvalue weighted by atomic mass is 35.5. The maximum absolute atomic E-state index is 13.6. The number of esters is 1. The van der Waals surface area contributed by atoms with Gasteiger partial charge in [0.25, 0.3) is 5.91 Å². The molecule has 2 aromatic rings. The van der Waals surface area contributed by atoms with Crippen LogP contribution in [0, 0.1) is 12.7 Å². The smallest absolute Gasteiger partial charge is 0.341 e. The Labute approximate surface area is 138 Å². The SMILES string of the molecule is Cc1cccc(NC(=O)[C@H](C)OC(=O)c2cc(Cl)ccc2F)c1. The molecule has 1 N–H and O–H groups in total. The van der Waals surface area contributed by atoms with Crippen LogP contribution in [0.2, 0.25) is 5.02 Å². The third-order valence-corrected chi connectivity index (χ3v) is 3.32. The number of nitrogens with one attached hydrogen (secondary N) is 1. The molecule has 0 aliphatic carbocycles. The van der Waals surface area contributed by atoms with Crippen molar-refractivity contribution < 1.29 is 18.7 Å². The van der Waals surface area contributed by atoms with Crippen LogP contribution < -0.4 is 5.32 Å². The van der Waals surface area contributed by atoms with Crippen LogP contribution in [0.3, 0.4) is 0 Å². The molecule has 1 atom stereocenters. The summed E-state index contributed by atoms with van der Waals surface area (Å²) in [5.41, 5.74) is 1.26. The van der Waals surface area contributed by atoms with Gasteiger partial charge in [0.1, 0.15) is 5.82 Å². The Kier molecular flexibility index (Phi) is 5.34. The number of amides is 1. The lowest BCUT2D eigenvalue weighted by Crippen LogP contribution is -2.30. The zero-order valence-corrected chi connectivity index (χ0v) is 13.4. The topological polar surface area (TPSA) is 55.4 Å². The average Bonchev–Trinajstić information content (AvgIpc) is 2.49. The maximum Gasteiger partial charge on any atom is 0.341 e. The van der Waals surface area contributed by atoms with Crippen LogP contribution in [0.15, 0.2) is 42.5 Å². The Morgan fingerprint density at radius 2 is 1.96 bits per heavy atom. The molecule has 0 spiro atoms. The number of ether oxygens (including phenoxy) is 1. The average molecular weight is 336 g/mol. The van der Waals surface area contributed by atoms with E-state index < -0.39 is 23.8 Å². The van der Waals surface area contributed by atoms with Gasteiger partial charge in [-0.3, -0.25) is 4.79 Å². The van der Waals surface area contributed by atoms with Gasteiger partial charge in [-0.25, -0.2) is 9.18 Å². The number of hydrogen-bond acceptors (Lipinski definition) is 3. The number of anilines is 1. The lowest BCUT2D eigenvalue weighted by atomic mass is 10.2. The number of halogens is 2. The van der Waals surface area contributed by atoms with Gasteiger partial charge in [-0.1, -0.05) is 23.7 Å². The molecule has 1 amide bonds. The van der Waals surface area contributed by atoms with Crippen LogP contribution >= 0.6 is 11.6 Å². The molecule has 0 aliphatic rings. The fourth-order valence-corrected chi connectivity index (χ4v) is 2.07. The summed E-state index contributed by atoms with van der Waals surface area (Å²) < 4.78 is 18.6. The van der Waals surface area contributed by atoms with E-state index in [1.54, 1.807) is 18.2 Å². The van der Waals surface area contributed by atoms with Crippen LogP contribution in [0.5, 0.6) is 0 Å². The van der Waals surface area contributed by atoms with Crippen molar-refractivity contribution in [3.8, 4) is 0 Å². The minimum absolute atomic E-state index is 0.204. The second kappa shape index (κ2) is 7.24. The van der Waals surface area contributed by atoms with Gasteiger partial charge in [-0.2, -0.15) is 0 Å². The van der Waals surface area contributed by atoms with E-state index in [9.17, 15) is 14.0 Å². The Bertz CT molecular complexity index is 748. The van der Waals surface area contributed by atoms with Gasteiger partial charge in [0, 0.05) is 10.7 Å². The molecule has 120 valence electrons. The van der Waals surface area contributed by atoms with Gasteiger partial charge in [0.2, 0.25) is 0 Å². The molecule has 2 aromatic carbocycles. The van der Waals surface area contributed by atoms with Crippen molar-refractivity contribution in [1.29, 1.82) is 0 Å². The van der Waals surface area contributed by atoms with Crippen molar-refractivity contribution in [2.24, 2.45) is 0 Å². The number of carbonyl (C=O) groups is 2. The number of benzene rings is 2. The Balaban J connectivity index is 2.03. The van der Waals surface area contributed by atoms with Crippen molar-refractivity contribution in [2.75, 3.05) is 5.32 Å². The molecule has 0 aliphatic heterocycles. The first-order valence-electron chi connectivity index (χ1n) is 6.90. The first kappa shape index (κ1) is 17.0. The molecule has 6 heteroatoms. The summed E-state index contributed by atoms with van der Waals surface area (Å²) in [6.07, 6.45) is -1.08. The fourth-order valence-electron chi connectivity index (χ4n) is 1.90. The third kappa shape index (κ3) is 4.53. The normalized spacial score (nSPS) is 11.7. The van der Waals surface area contributed by atoms with Crippen molar-refractivity contribution >= 4 is 29.2 Å². The highest BCUT2D eigenvalue weighted by Crippen LogP contribution is 2.17. The number of hydrogen-bond donors (Lipinski definition) is 1. The molecule has 2 rings (SSSR count). The van der Waals surface area contributed by atoms with Gasteiger partial charge in [0.15, 0.2) is 6.10 Å². The maximum atomic E-state index is 13.6. The molecule has 0 bridgehead atoms. The highest BCUT2D eigenvalue weighted by Gasteiger charge is 2.21. The molecule has 0 unspecified atom stereocenters. The summed E-state index contributed by atoms with van der Waals surface area (Å²) in [5.74, 6) is -2.21. The minimum atomic E-state index is -1.08. The Morgan fingerprint density at radius 3 is 2.65 bits per heavy atom. The van der Waals surface area contributed by atoms with E-state index >= 15 is 0 Å². The fraction of sp³-hybridized carbons (Fsp3) is 0.176. The Hall–Kier alpha value is -2.40. The van der Waals surface area contributed by atoms with E-state index in [1.807, 2.05) is 13.0 Å². The van der Waals surface area contributed by atoms with Gasteiger partial charge in [-0.05, 0) is 49.7 Å². The lowest BCUT2D eigenvalue weighted by molar-refractivity contribution is -0.123. The predicted molar refractivity (Wildman–Crippen MR) is 86.1 cm³/mol. The molecule has 0 radical (unpaired) electrons. The second-order valence-electron chi connectivity index (χ2n) is 5.03. The highest BCUT2D eigenvalue weighted by molar-refractivity contribution is 6.30. The van der Waals surface area contributed by atoms with Crippen molar-refractivity contribution in [3.63, 3.8) is 0 Å². The van der Waals surface area contributed by atoms with Gasteiger partial charge < -0.3 is 10.1 Å². The number of aryl methyl sites for hydroxylation is 1. The van der Waals surface area contributed by atoms with E-state index in [-0.39, 0.29) is 10.6 Å². The molecule has 0 fully saturated rings. The van der Waals surface area contributed by atoms with Crippen molar-refractivity contribution in [1.82, 2.24) is 0 Å². The summed E-state index contributed by atoms with van der Waals surface area (Å²) in [5, 5.41) is 2.83. The molecule has 0 saturated carbocycles. The molecule has 0 saturated heterocycles. The second-order valence-corrected chi connectivity index (χ2v) is 5.47. The standard InChI is InChI=1S/C17H15ClFNO3/c1-10-4-3-5-13(8-10)20-16(21)11(2)23-17(22)14-9-12(18)6-7-15(14)19/h3-9,11H,1-2H3,(H,20,21)/t11-/m0/s1. The largest absolute Gasteiger partial charge is 0.449 e. The summed E-state index contributed by atoms with van der Waals surface area (Å²) in [6.45, 7) is 3.30. The van der Waals surface area contributed by atoms with Crippen molar-refractivity contribution in [2.45, 2.75) is 20.0 Å². The quantitative estimate of drug-likeness (QED) is 0.860. The van der Waals surface area contributed by atoms with Crippen LogP contribution in [0.1, 0.15) is 22.8 Å². The molecule has 0 heterocycles. The van der Waals surface area contributed by atoms with E-state index in [1.165, 1.54) is 13.0 Å². The summed E-state index contributed by atoms with van der Waals surface area (Å²) in [6, 6.07) is 10.7. The number of carbonyl (C=O) groups excluding carboxylic acids is 2. The van der Waals surface area contributed by atoms with Crippen LogP contribution in [0.25, 0.3) is 0 Å². The minimum Gasteiger partial charge on any atom is -0.449 e. The van der Waals surface area contributed by atoms with Crippen LogP contribution in [0.4, 0.5) is 10.1 Å². The Morgan fingerprint density at radius 1 is 1.22 bits per heavy atom. The molecule has 0 aromatic heterocycles. The van der Waals surface area contributed by atoms with Gasteiger partial charge in [-0.15, -0.1) is 0 Å². The predicted octanol–water partition coefficient (Wildman–Crippen LogP) is 3.97. The molecule has 23 heavy (non-hydrogen) atoms. The summed E-state index contributed by atoms with van der Waals surface area (Å²) >= 11 is 5.73. The zero-order chi connectivity index (χ0) is 17.0. The van der Waals surface area contributed by atoms with E-state index in [0.29, 0.717) is 5.69 Å². The first-order chi connectivity index (χ1) is 10.9. The summed E-state index contributed by atoms with van der Waals surface area (Å²) in [4.78, 5) is 24.0. The molecular formula is C17H15ClFNO3. The third-order valence-electron chi connectivity index (χ3n) is 3.09. The van der Waals surface area contributed by atoms with Gasteiger partial charge >= 0.3 is 5.97 Å². The van der Waals surface area contributed by atoms with E-state index in [4.69, 9.17) is 16.3 Å². The molecule has 4 nitrogen and oxygen atoms in total. The lowest BCUT2D eigenvalue weighted by Gasteiger charge is -2.14. The van der Waals surface area contributed by atoms with Crippen LogP contribution in [-0.2, 0) is 9.53 Å².